The van der Waals surface area contributed by atoms with Crippen LogP contribution < -0.4 is 10.5 Å². The molecule has 22 heavy (non-hydrogen) atoms. The molecule has 0 saturated carbocycles. The number of ether oxygens (including phenoxy) is 1. The van der Waals surface area contributed by atoms with Gasteiger partial charge in [-0.15, -0.1) is 0 Å². The zero-order valence-corrected chi connectivity index (χ0v) is 13.1. The van der Waals surface area contributed by atoms with E-state index in [4.69, 9.17) is 22.1 Å². The van der Waals surface area contributed by atoms with Crippen molar-refractivity contribution >= 4 is 22.5 Å². The van der Waals surface area contributed by atoms with Crippen LogP contribution in [0, 0.1) is 0 Å². The van der Waals surface area contributed by atoms with Gasteiger partial charge in [0.1, 0.15) is 5.75 Å². The highest BCUT2D eigenvalue weighted by molar-refractivity contribution is 6.35. The average molecular weight is 313 g/mol. The molecule has 1 aromatic heterocycles. The predicted octanol–water partition coefficient (Wildman–Crippen LogP) is 4.44. The van der Waals surface area contributed by atoms with Gasteiger partial charge in [-0.1, -0.05) is 29.8 Å². The summed E-state index contributed by atoms with van der Waals surface area (Å²) in [6, 6.07) is 12.1. The number of para-hydroxylation sites is 1. The second kappa shape index (κ2) is 5.04. The van der Waals surface area contributed by atoms with Crippen molar-refractivity contribution in [2.45, 2.75) is 18.9 Å². The van der Waals surface area contributed by atoms with Gasteiger partial charge in [0.25, 0.3) is 0 Å². The summed E-state index contributed by atoms with van der Waals surface area (Å²) in [6.45, 7) is 0. The molecular weight excluding hydrogens is 296 g/mol. The Morgan fingerprint density at radius 2 is 2.05 bits per heavy atom. The largest absolute Gasteiger partial charge is 0.496 e. The van der Waals surface area contributed by atoms with Crippen molar-refractivity contribution in [3.8, 4) is 17.0 Å². The Morgan fingerprint density at radius 3 is 2.86 bits per heavy atom. The van der Waals surface area contributed by atoms with Crippen molar-refractivity contribution in [1.29, 1.82) is 0 Å². The molecule has 0 bridgehead atoms. The second-order valence-electron chi connectivity index (χ2n) is 5.71. The van der Waals surface area contributed by atoms with Crippen LogP contribution in [0.1, 0.15) is 23.6 Å². The third kappa shape index (κ3) is 1.86. The Morgan fingerprint density at radius 1 is 1.23 bits per heavy atom. The maximum Gasteiger partial charge on any atom is 0.128 e. The number of H-pyrrole nitrogens is 1. The van der Waals surface area contributed by atoms with Crippen LogP contribution in [-0.4, -0.2) is 12.1 Å². The Hall–Kier alpha value is -1.97. The van der Waals surface area contributed by atoms with Crippen LogP contribution in [0.5, 0.6) is 5.75 Å². The quantitative estimate of drug-likeness (QED) is 0.735. The van der Waals surface area contributed by atoms with Gasteiger partial charge in [-0.05, 0) is 42.2 Å². The lowest BCUT2D eigenvalue weighted by atomic mass is 9.87. The zero-order chi connectivity index (χ0) is 15.3. The van der Waals surface area contributed by atoms with E-state index in [0.717, 1.165) is 40.4 Å². The first kappa shape index (κ1) is 13.7. The normalized spacial score (nSPS) is 17.0. The monoisotopic (exact) mass is 312 g/mol. The molecule has 1 aliphatic rings. The number of halogens is 1. The van der Waals surface area contributed by atoms with Crippen molar-refractivity contribution in [1.82, 2.24) is 4.98 Å². The molecule has 0 radical (unpaired) electrons. The highest BCUT2D eigenvalue weighted by atomic mass is 35.5. The summed E-state index contributed by atoms with van der Waals surface area (Å²) in [5.41, 5.74) is 11.9. The number of nitrogens with two attached hydrogens (primary N) is 1. The first-order valence-corrected chi connectivity index (χ1v) is 7.80. The molecule has 3 nitrogen and oxygen atoms in total. The molecule has 0 saturated heterocycles. The third-order valence-corrected chi connectivity index (χ3v) is 4.84. The maximum atomic E-state index is 6.40. The molecule has 112 valence electrons. The Kier molecular flexibility index (Phi) is 3.13. The van der Waals surface area contributed by atoms with E-state index in [9.17, 15) is 0 Å². The molecule has 3 aromatic rings. The number of methoxy groups -OCH3 is 1. The SMILES string of the molecule is COc1ccccc1-c1[nH]c2c(Cl)ccc3c2c1CCC3N. The van der Waals surface area contributed by atoms with Crippen LogP contribution in [0.25, 0.3) is 22.2 Å². The molecule has 1 atom stereocenters. The topological polar surface area (TPSA) is 51.0 Å². The lowest BCUT2D eigenvalue weighted by Gasteiger charge is -2.20. The van der Waals surface area contributed by atoms with Crippen LogP contribution >= 0.6 is 11.6 Å². The van der Waals surface area contributed by atoms with Crippen molar-refractivity contribution in [2.75, 3.05) is 7.11 Å². The standard InChI is InChI=1S/C18H17ClN2O/c1-22-15-5-3-2-4-11(15)17-12-7-9-14(20)10-6-8-13(19)18(21-17)16(10)12/h2-6,8,14,21H,7,9,20H2,1H3. The zero-order valence-electron chi connectivity index (χ0n) is 12.3. The number of aromatic amines is 1. The summed E-state index contributed by atoms with van der Waals surface area (Å²) in [7, 11) is 1.70. The maximum absolute atomic E-state index is 6.40. The fourth-order valence-corrected chi connectivity index (χ4v) is 3.67. The summed E-state index contributed by atoms with van der Waals surface area (Å²) in [4.78, 5) is 3.51. The summed E-state index contributed by atoms with van der Waals surface area (Å²) in [6.07, 6.45) is 1.89. The van der Waals surface area contributed by atoms with Gasteiger partial charge in [-0.2, -0.15) is 0 Å². The highest BCUT2D eigenvalue weighted by Gasteiger charge is 2.25. The van der Waals surface area contributed by atoms with E-state index in [0.29, 0.717) is 0 Å². The first-order valence-electron chi connectivity index (χ1n) is 7.42. The average Bonchev–Trinajstić information content (AvgIpc) is 2.93. The van der Waals surface area contributed by atoms with E-state index < -0.39 is 0 Å². The molecule has 1 aliphatic carbocycles. The van der Waals surface area contributed by atoms with Crippen LogP contribution in [0.4, 0.5) is 0 Å². The minimum Gasteiger partial charge on any atom is -0.496 e. The molecule has 3 N–H and O–H groups in total. The van der Waals surface area contributed by atoms with E-state index in [2.05, 4.69) is 17.1 Å². The van der Waals surface area contributed by atoms with Crippen molar-refractivity contribution < 1.29 is 4.74 Å². The van der Waals surface area contributed by atoms with Crippen molar-refractivity contribution in [3.05, 3.63) is 52.5 Å². The fraction of sp³-hybridized carbons (Fsp3) is 0.222. The van der Waals surface area contributed by atoms with Gasteiger partial charge >= 0.3 is 0 Å². The second-order valence-corrected chi connectivity index (χ2v) is 6.12. The van der Waals surface area contributed by atoms with Crippen LogP contribution in [0.2, 0.25) is 5.02 Å². The molecule has 2 aromatic carbocycles. The van der Waals surface area contributed by atoms with Gasteiger partial charge in [-0.25, -0.2) is 0 Å². The summed E-state index contributed by atoms with van der Waals surface area (Å²) >= 11 is 6.40. The lowest BCUT2D eigenvalue weighted by molar-refractivity contribution is 0.416. The molecule has 0 fully saturated rings. The number of hydrogen-bond donors (Lipinski definition) is 2. The van der Waals surface area contributed by atoms with E-state index in [1.54, 1.807) is 7.11 Å². The molecule has 1 unspecified atom stereocenters. The number of aryl methyl sites for hydroxylation is 1. The molecule has 0 aliphatic heterocycles. The minimum atomic E-state index is 0.0774. The van der Waals surface area contributed by atoms with Crippen LogP contribution in [-0.2, 0) is 6.42 Å². The highest BCUT2D eigenvalue weighted by Crippen LogP contribution is 2.43. The smallest absolute Gasteiger partial charge is 0.128 e. The summed E-state index contributed by atoms with van der Waals surface area (Å²) in [5.74, 6) is 0.859. The van der Waals surface area contributed by atoms with Gasteiger partial charge in [0, 0.05) is 17.0 Å². The Balaban J connectivity index is 2.07. The summed E-state index contributed by atoms with van der Waals surface area (Å²) < 4.78 is 5.52. The number of aromatic nitrogens is 1. The lowest BCUT2D eigenvalue weighted by Crippen LogP contribution is -2.15. The Bertz CT molecular complexity index is 869. The van der Waals surface area contributed by atoms with E-state index >= 15 is 0 Å². The third-order valence-electron chi connectivity index (χ3n) is 4.52. The van der Waals surface area contributed by atoms with Crippen molar-refractivity contribution in [2.24, 2.45) is 5.73 Å². The Labute approximate surface area is 134 Å². The number of benzene rings is 2. The molecule has 4 rings (SSSR count). The molecule has 0 spiro atoms. The number of rotatable bonds is 2. The van der Waals surface area contributed by atoms with Gasteiger partial charge in [0.15, 0.2) is 0 Å². The van der Waals surface area contributed by atoms with Crippen LogP contribution in [0.3, 0.4) is 0 Å². The minimum absolute atomic E-state index is 0.0774. The molecule has 4 heteroatoms. The van der Waals surface area contributed by atoms with E-state index in [1.807, 2.05) is 24.3 Å². The molecule has 1 heterocycles. The van der Waals surface area contributed by atoms with Gasteiger partial charge < -0.3 is 15.5 Å². The predicted molar refractivity (Wildman–Crippen MR) is 90.5 cm³/mol. The van der Waals surface area contributed by atoms with E-state index in [1.165, 1.54) is 16.5 Å². The fourth-order valence-electron chi connectivity index (χ4n) is 3.46. The molecular formula is C18H17ClN2O. The first-order chi connectivity index (χ1) is 10.7. The van der Waals surface area contributed by atoms with Gasteiger partial charge in [0.05, 0.1) is 23.3 Å². The van der Waals surface area contributed by atoms with Gasteiger partial charge in [-0.3, -0.25) is 0 Å². The van der Waals surface area contributed by atoms with Crippen molar-refractivity contribution in [3.63, 3.8) is 0 Å². The van der Waals surface area contributed by atoms with E-state index in [-0.39, 0.29) is 6.04 Å². The van der Waals surface area contributed by atoms with Crippen LogP contribution in [0.15, 0.2) is 36.4 Å². The number of hydrogen-bond acceptors (Lipinski definition) is 2. The summed E-state index contributed by atoms with van der Waals surface area (Å²) in [5, 5.41) is 1.92. The number of nitrogens with one attached hydrogen (secondary N) is 1. The van der Waals surface area contributed by atoms with Gasteiger partial charge in [0.2, 0.25) is 0 Å². The molecule has 0 amide bonds.